The lowest BCUT2D eigenvalue weighted by molar-refractivity contribution is -0.317. The second-order valence-corrected chi connectivity index (χ2v) is 8.91. The molecule has 8 nitrogen and oxygen atoms in total. The largest absolute Gasteiger partial charge is 0.394 e. The Bertz CT molecular complexity index is 534. The van der Waals surface area contributed by atoms with Crippen molar-refractivity contribution in [1.82, 2.24) is 0 Å². The van der Waals surface area contributed by atoms with E-state index in [4.69, 9.17) is 14.2 Å². The second-order valence-electron chi connectivity index (χ2n) is 8.91. The van der Waals surface area contributed by atoms with E-state index in [1.54, 1.807) is 6.92 Å². The van der Waals surface area contributed by atoms with Crippen LogP contribution in [0.4, 0.5) is 0 Å². The Kier molecular flexibility index (Phi) is 5.99. The molecule has 3 aliphatic rings. The van der Waals surface area contributed by atoms with Crippen LogP contribution in [0.3, 0.4) is 0 Å². The third-order valence-electron chi connectivity index (χ3n) is 6.60. The summed E-state index contributed by atoms with van der Waals surface area (Å²) in [5, 5.41) is 39.4. The summed E-state index contributed by atoms with van der Waals surface area (Å²) < 4.78 is 17.6. The Morgan fingerprint density at radius 2 is 1.85 bits per heavy atom. The fourth-order valence-corrected chi connectivity index (χ4v) is 5.18. The highest BCUT2D eigenvalue weighted by Crippen LogP contribution is 2.56. The predicted octanol–water partition coefficient (Wildman–Crippen LogP) is -0.254. The Balaban J connectivity index is 1.69. The number of hydrogen-bond acceptors (Lipinski definition) is 8. The quantitative estimate of drug-likeness (QED) is 0.491. The van der Waals surface area contributed by atoms with Gasteiger partial charge in [-0.2, -0.15) is 0 Å². The van der Waals surface area contributed by atoms with E-state index in [1.807, 2.05) is 6.92 Å². The number of aliphatic hydroxyl groups excluding tert-OH is 4. The van der Waals surface area contributed by atoms with Crippen LogP contribution in [0.5, 0.6) is 0 Å². The summed E-state index contributed by atoms with van der Waals surface area (Å²) in [5.74, 6) is 0.407. The van der Waals surface area contributed by atoms with Crippen LogP contribution in [-0.2, 0) is 19.0 Å². The van der Waals surface area contributed by atoms with E-state index < -0.39 is 42.9 Å². The molecule has 9 atom stereocenters. The molecule has 0 spiro atoms. The minimum Gasteiger partial charge on any atom is -0.394 e. The van der Waals surface area contributed by atoms with Crippen molar-refractivity contribution in [2.45, 2.75) is 88.9 Å². The van der Waals surface area contributed by atoms with E-state index in [2.05, 4.69) is 6.92 Å². The zero-order valence-corrected chi connectivity index (χ0v) is 16.2. The van der Waals surface area contributed by atoms with Crippen LogP contribution in [0.2, 0.25) is 0 Å². The molecule has 2 heterocycles. The van der Waals surface area contributed by atoms with E-state index in [0.29, 0.717) is 25.9 Å². The molecule has 3 rings (SSSR count). The third kappa shape index (κ3) is 3.94. The van der Waals surface area contributed by atoms with Gasteiger partial charge in [0.1, 0.15) is 30.2 Å². The van der Waals surface area contributed by atoms with E-state index in [1.165, 1.54) is 0 Å². The van der Waals surface area contributed by atoms with E-state index in [9.17, 15) is 25.2 Å². The number of carbonyl (C=O) groups is 1. The number of carbonyl (C=O) groups excluding carboxylic acids is 1. The highest BCUT2D eigenvalue weighted by molar-refractivity contribution is 5.75. The minimum absolute atomic E-state index is 0.152. The number of ether oxygens (including phenoxy) is 3. The number of rotatable bonds is 6. The molecule has 0 radical (unpaired) electrons. The van der Waals surface area contributed by atoms with Gasteiger partial charge in [0, 0.05) is 12.8 Å². The molecule has 4 N–H and O–H groups in total. The van der Waals surface area contributed by atoms with Gasteiger partial charge < -0.3 is 39.4 Å². The van der Waals surface area contributed by atoms with E-state index in [-0.39, 0.29) is 23.2 Å². The van der Waals surface area contributed by atoms with Crippen molar-refractivity contribution >= 4 is 5.78 Å². The van der Waals surface area contributed by atoms with Crippen molar-refractivity contribution < 1.29 is 39.4 Å². The van der Waals surface area contributed by atoms with Gasteiger partial charge in [-0.15, -0.1) is 0 Å². The van der Waals surface area contributed by atoms with Crippen LogP contribution in [0.1, 0.15) is 46.5 Å². The maximum absolute atomic E-state index is 11.4. The van der Waals surface area contributed by atoms with Crippen molar-refractivity contribution in [3.05, 3.63) is 0 Å². The number of hydrogen-bond donors (Lipinski definition) is 4. The summed E-state index contributed by atoms with van der Waals surface area (Å²) >= 11 is 0. The molecule has 1 saturated carbocycles. The highest BCUT2D eigenvalue weighted by Gasteiger charge is 2.59. The molecule has 156 valence electrons. The first-order valence-electron chi connectivity index (χ1n) is 9.69. The van der Waals surface area contributed by atoms with Crippen molar-refractivity contribution in [2.24, 2.45) is 11.3 Å². The lowest BCUT2D eigenvalue weighted by atomic mass is 9.61. The number of Topliss-reactive ketones (excluding diaryl/α,β-unsaturated/α-hetero) is 1. The van der Waals surface area contributed by atoms with E-state index >= 15 is 0 Å². The molecule has 3 fully saturated rings. The van der Waals surface area contributed by atoms with Gasteiger partial charge in [0.25, 0.3) is 0 Å². The molecule has 0 aromatic heterocycles. The number of aliphatic hydroxyl groups is 4. The van der Waals surface area contributed by atoms with Gasteiger partial charge in [-0.25, -0.2) is 0 Å². The summed E-state index contributed by atoms with van der Waals surface area (Å²) in [6.07, 6.45) is -4.08. The molecule has 27 heavy (non-hydrogen) atoms. The Labute approximate surface area is 159 Å². The summed E-state index contributed by atoms with van der Waals surface area (Å²) in [4.78, 5) is 11.4. The van der Waals surface area contributed by atoms with Crippen LogP contribution in [0.25, 0.3) is 0 Å². The Morgan fingerprint density at radius 3 is 2.44 bits per heavy atom. The third-order valence-corrected chi connectivity index (χ3v) is 6.60. The summed E-state index contributed by atoms with van der Waals surface area (Å²) in [6.45, 7) is 5.86. The molecule has 1 aliphatic carbocycles. The zero-order chi connectivity index (χ0) is 20.0. The lowest BCUT2D eigenvalue weighted by Crippen LogP contribution is -2.60. The van der Waals surface area contributed by atoms with Crippen LogP contribution in [0, 0.1) is 11.3 Å². The summed E-state index contributed by atoms with van der Waals surface area (Å²) in [7, 11) is 0. The molecule has 0 amide bonds. The van der Waals surface area contributed by atoms with Crippen LogP contribution < -0.4 is 0 Å². The summed E-state index contributed by atoms with van der Waals surface area (Å²) in [6, 6.07) is 0. The normalized spacial score (nSPS) is 50.0. The van der Waals surface area contributed by atoms with Gasteiger partial charge in [-0.1, -0.05) is 6.92 Å². The Morgan fingerprint density at radius 1 is 1.15 bits per heavy atom. The molecule has 0 aromatic rings. The second kappa shape index (κ2) is 7.67. The smallest absolute Gasteiger partial charge is 0.186 e. The Hall–Kier alpha value is -0.610. The van der Waals surface area contributed by atoms with Crippen LogP contribution in [-0.4, -0.2) is 81.8 Å². The maximum Gasteiger partial charge on any atom is 0.186 e. The SMILES string of the molecule is CC(=O)CC[C@@H]1[C@@]2(C)CO[C@@]1(C)C[C@@H](O[C@@H]1O[C@H](CO)[C@@H](O)[C@H](O)[C@H]1O)C2. The van der Waals surface area contributed by atoms with Gasteiger partial charge >= 0.3 is 0 Å². The van der Waals surface area contributed by atoms with Crippen LogP contribution in [0.15, 0.2) is 0 Å². The highest BCUT2D eigenvalue weighted by atomic mass is 16.7. The van der Waals surface area contributed by atoms with Crippen molar-refractivity contribution in [3.8, 4) is 0 Å². The van der Waals surface area contributed by atoms with Crippen molar-refractivity contribution in [2.75, 3.05) is 13.2 Å². The maximum atomic E-state index is 11.4. The van der Waals surface area contributed by atoms with Crippen LogP contribution >= 0.6 is 0 Å². The first kappa shape index (κ1) is 21.1. The van der Waals surface area contributed by atoms with E-state index in [0.717, 1.165) is 6.42 Å². The molecule has 0 aromatic carbocycles. The monoisotopic (exact) mass is 388 g/mol. The summed E-state index contributed by atoms with van der Waals surface area (Å²) in [5.41, 5.74) is -0.581. The van der Waals surface area contributed by atoms with Gasteiger partial charge in [0.05, 0.1) is 24.9 Å². The topological polar surface area (TPSA) is 126 Å². The average Bonchev–Trinajstić information content (AvgIpc) is 2.74. The number of ketones is 1. The molecular weight excluding hydrogens is 356 g/mol. The molecule has 2 bridgehead atoms. The van der Waals surface area contributed by atoms with Gasteiger partial charge in [-0.3, -0.25) is 0 Å². The fourth-order valence-electron chi connectivity index (χ4n) is 5.18. The molecule has 2 aliphatic heterocycles. The molecule has 2 saturated heterocycles. The fraction of sp³-hybridized carbons (Fsp3) is 0.947. The van der Waals surface area contributed by atoms with Crippen molar-refractivity contribution in [1.29, 1.82) is 0 Å². The molecule has 8 heteroatoms. The first-order valence-corrected chi connectivity index (χ1v) is 9.69. The minimum atomic E-state index is -1.45. The van der Waals surface area contributed by atoms with Crippen molar-refractivity contribution in [3.63, 3.8) is 0 Å². The number of fused-ring (bicyclic) bond motifs is 2. The lowest BCUT2D eigenvalue weighted by Gasteiger charge is -2.47. The van der Waals surface area contributed by atoms with Gasteiger partial charge in [0.15, 0.2) is 6.29 Å². The predicted molar refractivity (Wildman–Crippen MR) is 93.7 cm³/mol. The average molecular weight is 388 g/mol. The molecular formula is C19H32O8. The standard InChI is InChI=1S/C19H32O8/c1-10(21)4-5-13-18(2)6-11(7-19(13,3)25-9-18)26-17-16(24)15(23)14(22)12(8-20)27-17/h11-17,20,22-24H,4-9H2,1-3H3/t11-,12+,13+,14+,15-,16+,17+,18+,19-/m0/s1. The van der Waals surface area contributed by atoms with Gasteiger partial charge in [-0.05, 0) is 38.0 Å². The molecule has 0 unspecified atom stereocenters. The first-order chi connectivity index (χ1) is 12.6. The zero-order valence-electron chi connectivity index (χ0n) is 16.2. The van der Waals surface area contributed by atoms with Gasteiger partial charge in [0.2, 0.25) is 0 Å².